The monoisotopic (exact) mass is 310 g/mol. The van der Waals surface area contributed by atoms with Crippen LogP contribution >= 0.6 is 23.6 Å². The van der Waals surface area contributed by atoms with Crippen LogP contribution < -0.4 is 0 Å². The van der Waals surface area contributed by atoms with E-state index in [9.17, 15) is 0 Å². The number of ether oxygens (including phenoxy) is 1. The maximum Gasteiger partial charge on any atom is 0.195 e. The van der Waals surface area contributed by atoms with E-state index in [4.69, 9.17) is 21.9 Å². The summed E-state index contributed by atoms with van der Waals surface area (Å²) in [6.45, 7) is 4.72. The van der Waals surface area contributed by atoms with Gasteiger partial charge in [-0.05, 0) is 38.9 Å². The molecule has 1 aliphatic carbocycles. The molecular weight excluding hydrogens is 292 g/mol. The van der Waals surface area contributed by atoms with E-state index in [2.05, 4.69) is 24.0 Å². The molecule has 1 saturated carbocycles. The van der Waals surface area contributed by atoms with Crippen LogP contribution in [0.1, 0.15) is 49.4 Å². The quantitative estimate of drug-likeness (QED) is 0.856. The van der Waals surface area contributed by atoms with Gasteiger partial charge in [0.25, 0.3) is 0 Å². The van der Waals surface area contributed by atoms with Gasteiger partial charge in [0.2, 0.25) is 0 Å². The minimum atomic E-state index is 0.262. The summed E-state index contributed by atoms with van der Waals surface area (Å²) in [4.78, 5) is 5.82. The van der Waals surface area contributed by atoms with Gasteiger partial charge in [0.15, 0.2) is 10.6 Å². The van der Waals surface area contributed by atoms with E-state index in [-0.39, 0.29) is 6.04 Å². The number of hydrogen-bond donors (Lipinski definition) is 1. The van der Waals surface area contributed by atoms with Crippen LogP contribution in [0.15, 0.2) is 0 Å². The predicted molar refractivity (Wildman–Crippen MR) is 81.6 cm³/mol. The zero-order valence-corrected chi connectivity index (χ0v) is 13.5. The smallest absolute Gasteiger partial charge is 0.195 e. The largest absolute Gasteiger partial charge is 0.378 e. The molecule has 0 unspecified atom stereocenters. The fraction of sp³-hybridized carbons (Fsp3) is 0.615. The molecule has 5 nitrogen and oxygen atoms in total. The molecule has 0 amide bonds. The molecule has 2 aromatic heterocycles. The third-order valence-corrected chi connectivity index (χ3v) is 4.89. The van der Waals surface area contributed by atoms with E-state index < -0.39 is 0 Å². The number of nitrogens with zero attached hydrogens (tertiary/aromatic N) is 3. The third kappa shape index (κ3) is 2.45. The van der Waals surface area contributed by atoms with Gasteiger partial charge >= 0.3 is 0 Å². The van der Waals surface area contributed by atoms with E-state index in [1.165, 1.54) is 17.8 Å². The van der Waals surface area contributed by atoms with Gasteiger partial charge in [-0.3, -0.25) is 9.67 Å². The highest BCUT2D eigenvalue weighted by Crippen LogP contribution is 2.44. The molecular formula is C13H18N4OS2. The number of hydrogen-bond acceptors (Lipinski definition) is 5. The van der Waals surface area contributed by atoms with Gasteiger partial charge in [-0.1, -0.05) is 0 Å². The molecule has 0 aromatic carbocycles. The number of thiazole rings is 1. The second-order valence-electron chi connectivity index (χ2n) is 5.35. The van der Waals surface area contributed by atoms with Crippen molar-refractivity contribution in [2.24, 2.45) is 0 Å². The molecule has 1 aliphatic rings. The van der Waals surface area contributed by atoms with Gasteiger partial charge in [-0.15, -0.1) is 11.3 Å². The molecule has 0 radical (unpaired) electrons. The van der Waals surface area contributed by atoms with E-state index in [1.807, 2.05) is 4.57 Å². The Bertz CT molecular complexity index is 666. The molecule has 1 N–H and O–H groups in total. The van der Waals surface area contributed by atoms with Gasteiger partial charge < -0.3 is 4.74 Å². The van der Waals surface area contributed by atoms with Gasteiger partial charge in [0.05, 0.1) is 22.2 Å². The van der Waals surface area contributed by atoms with E-state index in [0.717, 1.165) is 16.4 Å². The lowest BCUT2D eigenvalue weighted by Gasteiger charge is -2.09. The van der Waals surface area contributed by atoms with Gasteiger partial charge in [-0.25, -0.2) is 4.98 Å². The zero-order valence-electron chi connectivity index (χ0n) is 11.8. The summed E-state index contributed by atoms with van der Waals surface area (Å²) in [7, 11) is 1.69. The van der Waals surface area contributed by atoms with Gasteiger partial charge in [-0.2, -0.15) is 5.10 Å². The number of H-pyrrole nitrogens is 1. The molecule has 0 bridgehead atoms. The van der Waals surface area contributed by atoms with Crippen LogP contribution in [0.5, 0.6) is 0 Å². The fourth-order valence-electron chi connectivity index (χ4n) is 2.23. The summed E-state index contributed by atoms with van der Waals surface area (Å²) >= 11 is 7.05. The SMILES string of the molecule is COCc1nc(C2CC2)sc1-c1n[nH]c(=S)n1C(C)C. The first-order valence-electron chi connectivity index (χ1n) is 6.77. The Labute approximate surface area is 127 Å². The van der Waals surface area contributed by atoms with Gasteiger partial charge in [0.1, 0.15) is 0 Å². The average molecular weight is 310 g/mol. The first-order valence-corrected chi connectivity index (χ1v) is 8.00. The summed E-state index contributed by atoms with van der Waals surface area (Å²) in [5, 5.41) is 8.50. The van der Waals surface area contributed by atoms with Gasteiger partial charge in [0, 0.05) is 19.1 Å². The highest BCUT2D eigenvalue weighted by Gasteiger charge is 2.29. The molecule has 1 fully saturated rings. The molecule has 2 aromatic rings. The van der Waals surface area contributed by atoms with Crippen LogP contribution in [0.3, 0.4) is 0 Å². The van der Waals surface area contributed by atoms with Crippen LogP contribution in [0.4, 0.5) is 0 Å². The van der Waals surface area contributed by atoms with Crippen molar-refractivity contribution in [1.29, 1.82) is 0 Å². The fourth-order valence-corrected chi connectivity index (χ4v) is 3.80. The summed E-state index contributed by atoms with van der Waals surface area (Å²) in [6.07, 6.45) is 2.49. The standard InChI is InChI=1S/C13H18N4OS2/c1-7(2)17-11(15-16-13(17)19)10-9(6-18-3)14-12(20-10)8-4-5-8/h7-8H,4-6H2,1-3H3,(H,16,19). The Morgan fingerprint density at radius 1 is 1.50 bits per heavy atom. The van der Waals surface area contributed by atoms with Crippen molar-refractivity contribution in [3.63, 3.8) is 0 Å². The topological polar surface area (TPSA) is 55.7 Å². The Morgan fingerprint density at radius 3 is 2.85 bits per heavy atom. The second-order valence-corrected chi connectivity index (χ2v) is 6.77. The van der Waals surface area contributed by atoms with Crippen molar-refractivity contribution in [3.8, 4) is 10.7 Å². The molecule has 0 saturated heterocycles. The van der Waals surface area contributed by atoms with Crippen molar-refractivity contribution >= 4 is 23.6 Å². The van der Waals surface area contributed by atoms with Crippen LogP contribution in [0.2, 0.25) is 0 Å². The van der Waals surface area contributed by atoms with Crippen LogP contribution in [-0.4, -0.2) is 26.9 Å². The average Bonchev–Trinajstić information content (AvgIpc) is 3.05. The maximum atomic E-state index is 5.33. The molecule has 0 atom stereocenters. The lowest BCUT2D eigenvalue weighted by Crippen LogP contribution is -2.04. The lowest BCUT2D eigenvalue weighted by atomic mass is 10.3. The maximum absolute atomic E-state index is 5.33. The zero-order chi connectivity index (χ0) is 14.3. The Balaban J connectivity index is 2.10. The summed E-state index contributed by atoms with van der Waals surface area (Å²) in [6, 6.07) is 0.262. The van der Waals surface area contributed by atoms with Crippen molar-refractivity contribution in [1.82, 2.24) is 19.7 Å². The minimum absolute atomic E-state index is 0.262. The molecule has 0 spiro atoms. The second kappa shape index (κ2) is 5.38. The Morgan fingerprint density at radius 2 is 2.25 bits per heavy atom. The number of rotatable bonds is 5. The molecule has 7 heteroatoms. The van der Waals surface area contributed by atoms with Crippen LogP contribution in [0.25, 0.3) is 10.7 Å². The first kappa shape index (κ1) is 13.9. The number of methoxy groups -OCH3 is 1. The minimum Gasteiger partial charge on any atom is -0.378 e. The number of nitrogens with one attached hydrogen (secondary N) is 1. The molecule has 20 heavy (non-hydrogen) atoms. The highest BCUT2D eigenvalue weighted by molar-refractivity contribution is 7.71. The third-order valence-electron chi connectivity index (χ3n) is 3.35. The molecule has 108 valence electrons. The van der Waals surface area contributed by atoms with Crippen LogP contribution in [-0.2, 0) is 11.3 Å². The summed E-state index contributed by atoms with van der Waals surface area (Å²) < 4.78 is 7.97. The predicted octanol–water partition coefficient (Wildman–Crippen LogP) is 3.67. The number of aromatic amines is 1. The Kier molecular flexibility index (Phi) is 3.74. The normalized spacial score (nSPS) is 15.2. The summed E-state index contributed by atoms with van der Waals surface area (Å²) in [5.74, 6) is 1.51. The van der Waals surface area contributed by atoms with Crippen molar-refractivity contribution in [2.75, 3.05) is 7.11 Å². The molecule has 2 heterocycles. The molecule has 0 aliphatic heterocycles. The highest BCUT2D eigenvalue weighted by atomic mass is 32.1. The van der Waals surface area contributed by atoms with E-state index in [0.29, 0.717) is 17.3 Å². The van der Waals surface area contributed by atoms with E-state index in [1.54, 1.807) is 18.4 Å². The summed E-state index contributed by atoms with van der Waals surface area (Å²) in [5.41, 5.74) is 0.968. The van der Waals surface area contributed by atoms with Crippen LogP contribution in [0, 0.1) is 4.77 Å². The number of aromatic nitrogens is 4. The van der Waals surface area contributed by atoms with Crippen molar-refractivity contribution in [3.05, 3.63) is 15.5 Å². The van der Waals surface area contributed by atoms with E-state index >= 15 is 0 Å². The first-order chi connectivity index (χ1) is 9.61. The van der Waals surface area contributed by atoms with Crippen molar-refractivity contribution < 1.29 is 4.74 Å². The molecule has 3 rings (SSSR count). The Hall–Kier alpha value is -1.05. The van der Waals surface area contributed by atoms with Crippen molar-refractivity contribution in [2.45, 2.75) is 45.3 Å². The lowest BCUT2D eigenvalue weighted by molar-refractivity contribution is 0.182.